The Hall–Kier alpha value is -4.48. The first kappa shape index (κ1) is 30.5. The molecule has 4 rings (SSSR count). The van der Waals surface area contributed by atoms with E-state index in [-0.39, 0.29) is 11.5 Å². The van der Waals surface area contributed by atoms with Crippen LogP contribution in [-0.4, -0.2) is 48.0 Å². The largest absolute Gasteiger partial charge is 0.469 e. The van der Waals surface area contributed by atoms with E-state index in [0.717, 1.165) is 16.7 Å². The number of esters is 2. The summed E-state index contributed by atoms with van der Waals surface area (Å²) < 4.78 is 10.7. The van der Waals surface area contributed by atoms with Crippen LogP contribution in [0.25, 0.3) is 11.1 Å². The third-order valence-corrected chi connectivity index (χ3v) is 7.43. The van der Waals surface area contributed by atoms with E-state index >= 15 is 0 Å². The Bertz CT molecular complexity index is 1490. The summed E-state index contributed by atoms with van der Waals surface area (Å²) >= 11 is 0. The molecule has 0 radical (unpaired) electrons. The van der Waals surface area contributed by atoms with E-state index in [2.05, 4.69) is 6.07 Å². The number of carbonyl (C=O) groups is 3. The summed E-state index contributed by atoms with van der Waals surface area (Å²) in [4.78, 5) is 42.1. The van der Waals surface area contributed by atoms with E-state index < -0.39 is 35.5 Å². The maximum atomic E-state index is 14.2. The zero-order valence-corrected chi connectivity index (χ0v) is 24.5. The molecule has 1 fully saturated rings. The zero-order chi connectivity index (χ0) is 30.4. The topological polar surface area (TPSA) is 123 Å². The molecule has 1 saturated heterocycles. The Labute approximate surface area is 247 Å². The molecule has 0 spiro atoms. The van der Waals surface area contributed by atoms with Gasteiger partial charge in [0.25, 0.3) is 5.91 Å². The van der Waals surface area contributed by atoms with Crippen LogP contribution in [0.1, 0.15) is 66.7 Å². The Morgan fingerprint density at radius 3 is 2.40 bits per heavy atom. The van der Waals surface area contributed by atoms with Crippen LogP contribution in [0, 0.1) is 17.2 Å². The Kier molecular flexibility index (Phi) is 9.44. The van der Waals surface area contributed by atoms with Gasteiger partial charge in [-0.1, -0.05) is 48.5 Å². The molecule has 42 heavy (non-hydrogen) atoms. The molecule has 8 nitrogen and oxygen atoms in total. The van der Waals surface area contributed by atoms with Crippen molar-refractivity contribution in [1.29, 1.82) is 5.26 Å². The fourth-order valence-corrected chi connectivity index (χ4v) is 5.48. The monoisotopic (exact) mass is 567 g/mol. The van der Waals surface area contributed by atoms with E-state index in [1.807, 2.05) is 42.5 Å². The quantitative estimate of drug-likeness (QED) is 0.371. The lowest BCUT2D eigenvalue weighted by Gasteiger charge is -2.31. The molecular weight excluding hydrogens is 530 g/mol. The van der Waals surface area contributed by atoms with Gasteiger partial charge in [0.2, 0.25) is 0 Å². The number of hydrogen-bond donors (Lipinski definition) is 1. The van der Waals surface area contributed by atoms with Gasteiger partial charge in [0.05, 0.1) is 24.7 Å². The summed E-state index contributed by atoms with van der Waals surface area (Å²) in [6, 6.07) is 22.5. The van der Waals surface area contributed by atoms with E-state index in [1.54, 1.807) is 56.0 Å². The van der Waals surface area contributed by atoms with Crippen molar-refractivity contribution in [3.05, 3.63) is 95.1 Å². The Morgan fingerprint density at radius 1 is 1.00 bits per heavy atom. The number of nitriles is 1. The third kappa shape index (κ3) is 7.04. The molecule has 218 valence electrons. The highest BCUT2D eigenvalue weighted by molar-refractivity contribution is 5.99. The summed E-state index contributed by atoms with van der Waals surface area (Å²) in [6.07, 6.45) is 1.63. The minimum Gasteiger partial charge on any atom is -0.469 e. The number of benzene rings is 3. The number of rotatable bonds is 8. The molecule has 1 amide bonds. The highest BCUT2D eigenvalue weighted by Gasteiger charge is 2.40. The molecule has 1 heterocycles. The Morgan fingerprint density at radius 2 is 1.74 bits per heavy atom. The van der Waals surface area contributed by atoms with Crippen LogP contribution in [0.5, 0.6) is 0 Å². The van der Waals surface area contributed by atoms with Gasteiger partial charge in [-0.25, -0.2) is 4.79 Å². The van der Waals surface area contributed by atoms with Gasteiger partial charge >= 0.3 is 11.9 Å². The first-order valence-corrected chi connectivity index (χ1v) is 14.1. The van der Waals surface area contributed by atoms with Crippen molar-refractivity contribution in [3.8, 4) is 17.2 Å². The smallest absolute Gasteiger partial charge is 0.328 e. The number of likely N-dealkylation sites (tertiary alicyclic amines) is 1. The van der Waals surface area contributed by atoms with Crippen LogP contribution in [0.3, 0.4) is 0 Å². The highest BCUT2D eigenvalue weighted by Crippen LogP contribution is 2.33. The first-order valence-electron chi connectivity index (χ1n) is 14.1. The fourth-order valence-electron chi connectivity index (χ4n) is 5.48. The summed E-state index contributed by atoms with van der Waals surface area (Å²) in [7, 11) is 1.34. The van der Waals surface area contributed by atoms with Gasteiger partial charge in [0.15, 0.2) is 0 Å². The minimum absolute atomic E-state index is 0.287. The predicted molar refractivity (Wildman–Crippen MR) is 159 cm³/mol. The molecule has 0 bridgehead atoms. The van der Waals surface area contributed by atoms with Crippen molar-refractivity contribution >= 4 is 17.8 Å². The number of methoxy groups -OCH3 is 1. The number of carbonyl (C=O) groups excluding carboxylic acids is 3. The molecule has 3 unspecified atom stereocenters. The Balaban J connectivity index is 1.72. The normalized spacial score (nSPS) is 16.3. The molecule has 8 heteroatoms. The van der Waals surface area contributed by atoms with Crippen molar-refractivity contribution in [1.82, 2.24) is 4.90 Å². The maximum absolute atomic E-state index is 14.2. The lowest BCUT2D eigenvalue weighted by atomic mass is 9.89. The molecule has 0 aliphatic carbocycles. The number of hydrogen-bond acceptors (Lipinski definition) is 7. The van der Waals surface area contributed by atoms with Crippen molar-refractivity contribution < 1.29 is 23.9 Å². The second-order valence-corrected chi connectivity index (χ2v) is 11.5. The third-order valence-electron chi connectivity index (χ3n) is 7.43. The summed E-state index contributed by atoms with van der Waals surface area (Å²) in [5.74, 6) is -2.01. The average Bonchev–Trinajstić information content (AvgIpc) is 3.48. The van der Waals surface area contributed by atoms with Gasteiger partial charge < -0.3 is 20.1 Å². The van der Waals surface area contributed by atoms with Crippen molar-refractivity contribution in [2.45, 2.75) is 57.7 Å². The summed E-state index contributed by atoms with van der Waals surface area (Å²) in [5.41, 5.74) is 9.40. The van der Waals surface area contributed by atoms with Gasteiger partial charge in [-0.2, -0.15) is 5.26 Å². The minimum atomic E-state index is -1.20. The average molecular weight is 568 g/mol. The van der Waals surface area contributed by atoms with Gasteiger partial charge in [-0.15, -0.1) is 0 Å². The summed E-state index contributed by atoms with van der Waals surface area (Å²) in [5, 5.41) is 9.33. The first-order chi connectivity index (χ1) is 20.0. The van der Waals surface area contributed by atoms with Crippen LogP contribution in [0.4, 0.5) is 0 Å². The number of ether oxygens (including phenoxy) is 2. The van der Waals surface area contributed by atoms with Crippen molar-refractivity contribution in [2.24, 2.45) is 11.7 Å². The van der Waals surface area contributed by atoms with Crippen LogP contribution in [0.15, 0.2) is 72.8 Å². The molecule has 1 aliphatic rings. The van der Waals surface area contributed by atoms with Crippen LogP contribution in [0.2, 0.25) is 0 Å². The zero-order valence-electron chi connectivity index (χ0n) is 24.5. The molecular formula is C34H37N3O5. The SMILES string of the molecule is COC(=O)C(Cc1cccc(C#N)c1)C1CCCN1C(=O)c1ccc(-c2ccccc2)cc1C(N)C(=O)OC(C)(C)C. The summed E-state index contributed by atoms with van der Waals surface area (Å²) in [6.45, 7) is 5.73. The molecule has 3 aromatic carbocycles. The molecule has 3 aromatic rings. The van der Waals surface area contributed by atoms with Crippen LogP contribution >= 0.6 is 0 Å². The molecule has 2 N–H and O–H groups in total. The predicted octanol–water partition coefficient (Wildman–Crippen LogP) is 5.20. The maximum Gasteiger partial charge on any atom is 0.328 e. The second kappa shape index (κ2) is 13.0. The number of nitrogens with zero attached hydrogens (tertiary/aromatic N) is 2. The van der Waals surface area contributed by atoms with E-state index in [0.29, 0.717) is 36.9 Å². The van der Waals surface area contributed by atoms with E-state index in [9.17, 15) is 19.6 Å². The van der Waals surface area contributed by atoms with Gasteiger partial charge in [-0.3, -0.25) is 9.59 Å². The van der Waals surface area contributed by atoms with Gasteiger partial charge in [-0.05, 0) is 86.6 Å². The van der Waals surface area contributed by atoms with Crippen LogP contribution in [-0.2, 0) is 25.5 Å². The van der Waals surface area contributed by atoms with Crippen molar-refractivity contribution in [2.75, 3.05) is 13.7 Å². The number of amides is 1. The standard InChI is InChI=1S/C34H37N3O5/c1-34(2,3)42-33(40)30(36)27-20-25(24-12-6-5-7-13-24)15-16-26(27)31(38)37-17-9-14-29(37)28(32(39)41-4)19-22-10-8-11-23(18-22)21-35/h5-8,10-13,15-16,18,20,28-30H,9,14,17,19,36H2,1-4H3. The molecule has 0 saturated carbocycles. The highest BCUT2D eigenvalue weighted by atomic mass is 16.6. The van der Waals surface area contributed by atoms with Gasteiger partial charge in [0, 0.05) is 18.2 Å². The van der Waals surface area contributed by atoms with Gasteiger partial charge in [0.1, 0.15) is 11.6 Å². The van der Waals surface area contributed by atoms with Crippen molar-refractivity contribution in [3.63, 3.8) is 0 Å². The number of nitrogens with two attached hydrogens (primary N) is 1. The fraction of sp³-hybridized carbons (Fsp3) is 0.353. The lowest BCUT2D eigenvalue weighted by Crippen LogP contribution is -2.44. The van der Waals surface area contributed by atoms with Crippen LogP contribution < -0.4 is 5.73 Å². The molecule has 1 aliphatic heterocycles. The van der Waals surface area contributed by atoms with E-state index in [1.165, 1.54) is 7.11 Å². The second-order valence-electron chi connectivity index (χ2n) is 11.5. The molecule has 0 aromatic heterocycles. The van der Waals surface area contributed by atoms with E-state index in [4.69, 9.17) is 15.2 Å². The lowest BCUT2D eigenvalue weighted by molar-refractivity contribution is -0.156. The molecule has 3 atom stereocenters.